The molecule has 1 amide bonds. The van der Waals surface area contributed by atoms with E-state index in [-0.39, 0.29) is 24.7 Å². The number of fused-ring (bicyclic) bond motifs is 2. The second kappa shape index (κ2) is 7.32. The lowest BCUT2D eigenvalue weighted by atomic mass is 10.0. The number of rotatable bonds is 4. The summed E-state index contributed by atoms with van der Waals surface area (Å²) in [5.74, 6) is 7.22. The lowest BCUT2D eigenvalue weighted by Crippen LogP contribution is -2.24. The van der Waals surface area contributed by atoms with Gasteiger partial charge in [0, 0.05) is 29.1 Å². The summed E-state index contributed by atoms with van der Waals surface area (Å²) in [5, 5.41) is 3.72. The molecule has 0 unspecified atom stereocenters. The molecule has 4 rings (SSSR count). The summed E-state index contributed by atoms with van der Waals surface area (Å²) < 4.78 is 11.7. The topological polar surface area (TPSA) is 63.3 Å². The Labute approximate surface area is 164 Å². The van der Waals surface area contributed by atoms with Gasteiger partial charge in [0.2, 0.25) is 0 Å². The van der Waals surface area contributed by atoms with Gasteiger partial charge in [0.15, 0.2) is 11.5 Å². The molecule has 3 aromatic rings. The van der Waals surface area contributed by atoms with Crippen LogP contribution in [0, 0.1) is 11.8 Å². The first kappa shape index (κ1) is 18.0. The quantitative estimate of drug-likeness (QED) is 0.685. The zero-order valence-electron chi connectivity index (χ0n) is 16.0. The molecule has 2 heterocycles. The van der Waals surface area contributed by atoms with Gasteiger partial charge in [-0.15, -0.1) is 0 Å². The Kier molecular flexibility index (Phi) is 4.70. The number of ether oxygens (including phenoxy) is 2. The van der Waals surface area contributed by atoms with Crippen LogP contribution in [-0.4, -0.2) is 29.6 Å². The molecule has 0 bridgehead atoms. The van der Waals surface area contributed by atoms with Gasteiger partial charge in [0.1, 0.15) is 12.2 Å². The minimum atomic E-state index is -0.208. The van der Waals surface area contributed by atoms with E-state index in [1.165, 1.54) is 0 Å². The van der Waals surface area contributed by atoms with Gasteiger partial charge in [0.05, 0.1) is 12.1 Å². The van der Waals surface area contributed by atoms with Crippen LogP contribution >= 0.6 is 0 Å². The summed E-state index contributed by atoms with van der Waals surface area (Å²) in [6, 6.07) is 13.6. The molecule has 0 spiro atoms. The van der Waals surface area contributed by atoms with Gasteiger partial charge in [0.25, 0.3) is 5.91 Å². The molecule has 0 atom stereocenters. The molecule has 0 fully saturated rings. The number of carbonyl (C=O) groups excluding carboxylic acids is 1. The van der Waals surface area contributed by atoms with E-state index in [4.69, 9.17) is 9.47 Å². The van der Waals surface area contributed by atoms with E-state index >= 15 is 0 Å². The van der Waals surface area contributed by atoms with E-state index in [0.29, 0.717) is 11.3 Å². The third-order valence-corrected chi connectivity index (χ3v) is 4.65. The summed E-state index contributed by atoms with van der Waals surface area (Å²) in [5.41, 5.74) is 2.50. The highest BCUT2D eigenvalue weighted by Crippen LogP contribution is 2.41. The Morgan fingerprint density at radius 2 is 2.07 bits per heavy atom. The fourth-order valence-corrected chi connectivity index (χ4v) is 3.41. The first-order valence-electron chi connectivity index (χ1n) is 9.27. The Bertz CT molecular complexity index is 1090. The smallest absolute Gasteiger partial charge is 0.254 e. The Hall–Kier alpha value is -3.39. The zero-order valence-corrected chi connectivity index (χ0v) is 16.0. The van der Waals surface area contributed by atoms with Crippen LogP contribution in [-0.2, 0) is 6.42 Å². The summed E-state index contributed by atoms with van der Waals surface area (Å²) in [6.45, 7) is 4.63. The van der Waals surface area contributed by atoms with Crippen LogP contribution in [0.2, 0.25) is 0 Å². The normalized spacial score (nSPS) is 13.9. The first-order valence-corrected chi connectivity index (χ1v) is 9.27. The van der Waals surface area contributed by atoms with E-state index in [2.05, 4.69) is 42.1 Å². The standard InChI is InChI=1S/C23H22N2O3/c1-23(2)14-16-8-7-11-20(21(16)28-23)27-13-6-5-12-24-22(26)18-15-25-19-10-4-3-9-17(18)19/h3-4,7-11,15,25H,12-14H2,1-2H3,(H,24,26). The largest absolute Gasteiger partial charge is 0.483 e. The monoisotopic (exact) mass is 374 g/mol. The summed E-state index contributed by atoms with van der Waals surface area (Å²) in [7, 11) is 0. The fraction of sp³-hybridized carbons (Fsp3) is 0.261. The van der Waals surface area contributed by atoms with Gasteiger partial charge >= 0.3 is 0 Å². The Morgan fingerprint density at radius 1 is 1.21 bits per heavy atom. The molecule has 0 saturated carbocycles. The van der Waals surface area contributed by atoms with Crippen LogP contribution in [0.25, 0.3) is 10.9 Å². The third-order valence-electron chi connectivity index (χ3n) is 4.65. The van der Waals surface area contributed by atoms with Crippen molar-refractivity contribution in [1.29, 1.82) is 0 Å². The second-order valence-corrected chi connectivity index (χ2v) is 7.36. The van der Waals surface area contributed by atoms with Crippen molar-refractivity contribution in [2.75, 3.05) is 13.2 Å². The number of aromatic nitrogens is 1. The van der Waals surface area contributed by atoms with E-state index in [1.54, 1.807) is 6.20 Å². The van der Waals surface area contributed by atoms with E-state index in [1.807, 2.05) is 36.4 Å². The SMILES string of the molecule is CC1(C)Cc2cccc(OCC#CCNC(=O)c3c[nH]c4ccccc34)c2O1. The number of benzene rings is 2. The lowest BCUT2D eigenvalue weighted by molar-refractivity contribution is 0.0960. The van der Waals surface area contributed by atoms with E-state index < -0.39 is 0 Å². The van der Waals surface area contributed by atoms with Crippen LogP contribution in [0.15, 0.2) is 48.7 Å². The number of nitrogens with one attached hydrogen (secondary N) is 2. The molecule has 0 saturated heterocycles. The van der Waals surface area contributed by atoms with Crippen LogP contribution in [0.3, 0.4) is 0 Å². The number of para-hydroxylation sites is 2. The van der Waals surface area contributed by atoms with Crippen molar-refractivity contribution in [2.24, 2.45) is 0 Å². The number of hydrogen-bond acceptors (Lipinski definition) is 3. The van der Waals surface area contributed by atoms with Crippen molar-refractivity contribution in [2.45, 2.75) is 25.9 Å². The van der Waals surface area contributed by atoms with Crippen molar-refractivity contribution in [3.8, 4) is 23.3 Å². The van der Waals surface area contributed by atoms with Gasteiger partial charge in [-0.2, -0.15) is 0 Å². The maximum atomic E-state index is 12.3. The average molecular weight is 374 g/mol. The predicted octanol–water partition coefficient (Wildman–Crippen LogP) is 3.69. The number of hydrogen-bond donors (Lipinski definition) is 2. The van der Waals surface area contributed by atoms with E-state index in [9.17, 15) is 4.79 Å². The molecule has 142 valence electrons. The number of H-pyrrole nitrogens is 1. The van der Waals surface area contributed by atoms with Gasteiger partial charge in [-0.25, -0.2) is 0 Å². The fourth-order valence-electron chi connectivity index (χ4n) is 3.41. The van der Waals surface area contributed by atoms with Crippen LogP contribution < -0.4 is 14.8 Å². The third kappa shape index (κ3) is 3.67. The Morgan fingerprint density at radius 3 is 2.96 bits per heavy atom. The Balaban J connectivity index is 1.30. The summed E-state index contributed by atoms with van der Waals surface area (Å²) >= 11 is 0. The highest BCUT2D eigenvalue weighted by molar-refractivity contribution is 6.06. The molecule has 0 aliphatic carbocycles. The van der Waals surface area contributed by atoms with Crippen LogP contribution in [0.5, 0.6) is 11.5 Å². The van der Waals surface area contributed by atoms with Crippen LogP contribution in [0.4, 0.5) is 0 Å². The number of carbonyl (C=O) groups is 1. The minimum absolute atomic E-state index is 0.149. The predicted molar refractivity (Wildman–Crippen MR) is 109 cm³/mol. The van der Waals surface area contributed by atoms with Crippen molar-refractivity contribution in [3.63, 3.8) is 0 Å². The van der Waals surface area contributed by atoms with Crippen LogP contribution in [0.1, 0.15) is 29.8 Å². The molecule has 5 nitrogen and oxygen atoms in total. The second-order valence-electron chi connectivity index (χ2n) is 7.36. The van der Waals surface area contributed by atoms with Gasteiger partial charge in [-0.1, -0.05) is 42.2 Å². The molecule has 1 aromatic heterocycles. The number of aromatic amines is 1. The molecule has 28 heavy (non-hydrogen) atoms. The molecule has 0 radical (unpaired) electrons. The van der Waals surface area contributed by atoms with Crippen molar-refractivity contribution < 1.29 is 14.3 Å². The maximum absolute atomic E-state index is 12.3. The highest BCUT2D eigenvalue weighted by atomic mass is 16.5. The van der Waals surface area contributed by atoms with Crippen molar-refractivity contribution in [3.05, 3.63) is 59.8 Å². The molecular weight excluding hydrogens is 352 g/mol. The van der Waals surface area contributed by atoms with Gasteiger partial charge in [-0.05, 0) is 26.0 Å². The number of amides is 1. The molecule has 2 N–H and O–H groups in total. The minimum Gasteiger partial charge on any atom is -0.483 e. The molecule has 2 aromatic carbocycles. The zero-order chi connectivity index (χ0) is 19.6. The maximum Gasteiger partial charge on any atom is 0.254 e. The van der Waals surface area contributed by atoms with Gasteiger partial charge in [-0.3, -0.25) is 4.79 Å². The van der Waals surface area contributed by atoms with E-state index in [0.717, 1.165) is 28.6 Å². The molecule has 5 heteroatoms. The van der Waals surface area contributed by atoms with Gasteiger partial charge < -0.3 is 19.8 Å². The average Bonchev–Trinajstić information content (AvgIpc) is 3.24. The summed E-state index contributed by atoms with van der Waals surface area (Å²) in [4.78, 5) is 15.4. The molecule has 1 aliphatic rings. The van der Waals surface area contributed by atoms with Crippen molar-refractivity contribution in [1.82, 2.24) is 10.3 Å². The lowest BCUT2D eigenvalue weighted by Gasteiger charge is -2.17. The summed E-state index contributed by atoms with van der Waals surface area (Å²) in [6.07, 6.45) is 2.58. The highest BCUT2D eigenvalue weighted by Gasteiger charge is 2.32. The molecular formula is C23H22N2O3. The first-order chi connectivity index (χ1) is 13.5. The molecule has 1 aliphatic heterocycles. The van der Waals surface area contributed by atoms with Crippen molar-refractivity contribution >= 4 is 16.8 Å².